The molecule has 1 amide bonds. The SMILES string of the molecule is CC(C)CNC(=O)CNc1ccccc1C(N)=S. The molecule has 1 aromatic rings. The first-order valence-corrected chi connectivity index (χ1v) is 6.31. The fraction of sp³-hybridized carbons (Fsp3) is 0.385. The van der Waals surface area contributed by atoms with Crippen LogP contribution in [0.5, 0.6) is 0 Å². The minimum atomic E-state index is -0.0403. The third kappa shape index (κ3) is 4.71. The number of amides is 1. The standard InChI is InChI=1S/C13H19N3OS/c1-9(2)7-16-12(17)8-15-11-6-4-3-5-10(11)13(14)18/h3-6,9,15H,7-8H2,1-2H3,(H2,14,18)(H,16,17). The van der Waals surface area contributed by atoms with E-state index in [1.807, 2.05) is 24.3 Å². The third-order valence-corrected chi connectivity index (χ3v) is 2.56. The van der Waals surface area contributed by atoms with Crippen LogP contribution >= 0.6 is 12.2 Å². The number of carbonyl (C=O) groups excluding carboxylic acids is 1. The van der Waals surface area contributed by atoms with Gasteiger partial charge in [-0.05, 0) is 18.1 Å². The van der Waals surface area contributed by atoms with Gasteiger partial charge in [0.2, 0.25) is 5.91 Å². The van der Waals surface area contributed by atoms with Crippen molar-refractivity contribution in [3.05, 3.63) is 29.8 Å². The molecule has 5 heteroatoms. The van der Waals surface area contributed by atoms with Crippen LogP contribution in [0.1, 0.15) is 19.4 Å². The second kappa shape index (κ2) is 6.96. The van der Waals surface area contributed by atoms with Gasteiger partial charge in [0.15, 0.2) is 0 Å². The molecular weight excluding hydrogens is 246 g/mol. The Hall–Kier alpha value is -1.62. The maximum Gasteiger partial charge on any atom is 0.239 e. The van der Waals surface area contributed by atoms with Crippen LogP contribution in [0.25, 0.3) is 0 Å². The molecule has 0 unspecified atom stereocenters. The van der Waals surface area contributed by atoms with E-state index in [1.165, 1.54) is 0 Å². The Labute approximate surface area is 113 Å². The van der Waals surface area contributed by atoms with Crippen molar-refractivity contribution in [1.82, 2.24) is 5.32 Å². The fourth-order valence-electron chi connectivity index (χ4n) is 1.41. The number of rotatable bonds is 6. The second-order valence-electron chi connectivity index (χ2n) is 4.46. The van der Waals surface area contributed by atoms with Crippen molar-refractivity contribution < 1.29 is 4.79 Å². The van der Waals surface area contributed by atoms with E-state index in [2.05, 4.69) is 24.5 Å². The summed E-state index contributed by atoms with van der Waals surface area (Å²) in [6.45, 7) is 5.00. The Bertz CT molecular complexity index is 432. The van der Waals surface area contributed by atoms with Crippen LogP contribution < -0.4 is 16.4 Å². The van der Waals surface area contributed by atoms with Crippen molar-refractivity contribution >= 4 is 28.8 Å². The van der Waals surface area contributed by atoms with E-state index in [0.29, 0.717) is 17.5 Å². The van der Waals surface area contributed by atoms with Crippen LogP contribution in [0.3, 0.4) is 0 Å². The molecule has 0 atom stereocenters. The highest BCUT2D eigenvalue weighted by atomic mass is 32.1. The van der Waals surface area contributed by atoms with Crippen molar-refractivity contribution in [1.29, 1.82) is 0 Å². The van der Waals surface area contributed by atoms with Crippen molar-refractivity contribution in [3.63, 3.8) is 0 Å². The quantitative estimate of drug-likeness (QED) is 0.682. The van der Waals surface area contributed by atoms with E-state index in [1.54, 1.807) is 0 Å². The molecule has 1 aromatic carbocycles. The average Bonchev–Trinajstić information content (AvgIpc) is 2.34. The normalized spacial score (nSPS) is 10.2. The Balaban J connectivity index is 2.53. The van der Waals surface area contributed by atoms with Gasteiger partial charge >= 0.3 is 0 Å². The molecule has 0 fully saturated rings. The summed E-state index contributed by atoms with van der Waals surface area (Å²) in [5.41, 5.74) is 7.15. The predicted octanol–water partition coefficient (Wildman–Crippen LogP) is 1.50. The first-order valence-electron chi connectivity index (χ1n) is 5.90. The largest absolute Gasteiger partial charge is 0.389 e. The number of anilines is 1. The molecule has 0 saturated carbocycles. The molecular formula is C13H19N3OS. The highest BCUT2D eigenvalue weighted by molar-refractivity contribution is 7.80. The Kier molecular flexibility index (Phi) is 5.58. The van der Waals surface area contributed by atoms with E-state index in [4.69, 9.17) is 18.0 Å². The number of nitrogens with one attached hydrogen (secondary N) is 2. The molecule has 4 nitrogen and oxygen atoms in total. The maximum absolute atomic E-state index is 11.6. The molecule has 0 spiro atoms. The lowest BCUT2D eigenvalue weighted by Gasteiger charge is -2.12. The van der Waals surface area contributed by atoms with Crippen LogP contribution in [0, 0.1) is 5.92 Å². The van der Waals surface area contributed by atoms with E-state index in [0.717, 1.165) is 11.3 Å². The second-order valence-corrected chi connectivity index (χ2v) is 4.90. The van der Waals surface area contributed by atoms with E-state index < -0.39 is 0 Å². The van der Waals surface area contributed by atoms with Gasteiger partial charge in [-0.3, -0.25) is 4.79 Å². The van der Waals surface area contributed by atoms with Gasteiger partial charge in [0.25, 0.3) is 0 Å². The summed E-state index contributed by atoms with van der Waals surface area (Å²) in [7, 11) is 0. The van der Waals surface area contributed by atoms with Crippen molar-refractivity contribution in [2.24, 2.45) is 11.7 Å². The zero-order chi connectivity index (χ0) is 13.5. The van der Waals surface area contributed by atoms with E-state index in [-0.39, 0.29) is 12.5 Å². The lowest BCUT2D eigenvalue weighted by atomic mass is 10.2. The Morgan fingerprint density at radius 3 is 2.67 bits per heavy atom. The smallest absolute Gasteiger partial charge is 0.239 e. The van der Waals surface area contributed by atoms with Gasteiger partial charge in [-0.15, -0.1) is 0 Å². The third-order valence-electron chi connectivity index (χ3n) is 2.34. The molecule has 0 radical (unpaired) electrons. The molecule has 98 valence electrons. The first-order chi connectivity index (χ1) is 8.50. The molecule has 0 aromatic heterocycles. The van der Waals surface area contributed by atoms with Crippen LogP contribution in [0.2, 0.25) is 0 Å². The summed E-state index contributed by atoms with van der Waals surface area (Å²) in [4.78, 5) is 11.9. The van der Waals surface area contributed by atoms with Gasteiger partial charge in [0.1, 0.15) is 4.99 Å². The molecule has 0 aliphatic heterocycles. The van der Waals surface area contributed by atoms with Crippen molar-refractivity contribution in [2.45, 2.75) is 13.8 Å². The van der Waals surface area contributed by atoms with Crippen LogP contribution in [-0.4, -0.2) is 24.0 Å². The number of benzene rings is 1. The van der Waals surface area contributed by atoms with E-state index in [9.17, 15) is 4.79 Å². The zero-order valence-corrected chi connectivity index (χ0v) is 11.5. The predicted molar refractivity (Wildman–Crippen MR) is 78.7 cm³/mol. The fourth-order valence-corrected chi connectivity index (χ4v) is 1.59. The number of hydrogen-bond donors (Lipinski definition) is 3. The molecule has 1 rings (SSSR count). The average molecular weight is 265 g/mol. The van der Waals surface area contributed by atoms with E-state index >= 15 is 0 Å². The molecule has 0 aliphatic carbocycles. The molecule has 0 aliphatic rings. The number of nitrogens with two attached hydrogens (primary N) is 1. The van der Waals surface area contributed by atoms with Crippen LogP contribution in [0.4, 0.5) is 5.69 Å². The highest BCUT2D eigenvalue weighted by Crippen LogP contribution is 2.14. The number of thiocarbonyl (C=S) groups is 1. The monoisotopic (exact) mass is 265 g/mol. The molecule has 0 heterocycles. The summed E-state index contributed by atoms with van der Waals surface area (Å²) in [6.07, 6.45) is 0. The first kappa shape index (κ1) is 14.4. The van der Waals surface area contributed by atoms with Gasteiger partial charge in [-0.2, -0.15) is 0 Å². The van der Waals surface area contributed by atoms with Crippen molar-refractivity contribution in [3.8, 4) is 0 Å². The minimum absolute atomic E-state index is 0.0403. The van der Waals surface area contributed by atoms with Gasteiger partial charge < -0.3 is 16.4 Å². The lowest BCUT2D eigenvalue weighted by molar-refractivity contribution is -0.119. The molecule has 4 N–H and O–H groups in total. The summed E-state index contributed by atoms with van der Waals surface area (Å²) < 4.78 is 0. The summed E-state index contributed by atoms with van der Waals surface area (Å²) in [5, 5.41) is 5.87. The van der Waals surface area contributed by atoms with Gasteiger partial charge in [-0.25, -0.2) is 0 Å². The van der Waals surface area contributed by atoms with Crippen molar-refractivity contribution in [2.75, 3.05) is 18.4 Å². The summed E-state index contributed by atoms with van der Waals surface area (Å²) in [6, 6.07) is 7.41. The lowest BCUT2D eigenvalue weighted by Crippen LogP contribution is -2.32. The summed E-state index contributed by atoms with van der Waals surface area (Å²) in [5.74, 6) is 0.402. The number of hydrogen-bond acceptors (Lipinski definition) is 3. The Morgan fingerprint density at radius 2 is 2.06 bits per heavy atom. The number of para-hydroxylation sites is 1. The zero-order valence-electron chi connectivity index (χ0n) is 10.7. The minimum Gasteiger partial charge on any atom is -0.389 e. The van der Waals surface area contributed by atoms with Gasteiger partial charge in [-0.1, -0.05) is 38.2 Å². The van der Waals surface area contributed by atoms with Crippen LogP contribution in [0.15, 0.2) is 24.3 Å². The Morgan fingerprint density at radius 1 is 1.39 bits per heavy atom. The summed E-state index contributed by atoms with van der Waals surface area (Å²) >= 11 is 4.95. The molecule has 0 saturated heterocycles. The van der Waals surface area contributed by atoms with Gasteiger partial charge in [0, 0.05) is 17.8 Å². The number of carbonyl (C=O) groups is 1. The van der Waals surface area contributed by atoms with Gasteiger partial charge in [0.05, 0.1) is 6.54 Å². The highest BCUT2D eigenvalue weighted by Gasteiger charge is 2.06. The topological polar surface area (TPSA) is 67.2 Å². The maximum atomic E-state index is 11.6. The molecule has 18 heavy (non-hydrogen) atoms. The molecule has 0 bridgehead atoms. The van der Waals surface area contributed by atoms with Crippen LogP contribution in [-0.2, 0) is 4.79 Å².